The zero-order valence-electron chi connectivity index (χ0n) is 37.9. The molecule has 7 heteroatoms. The molecule has 0 aliphatic carbocycles. The quantitative estimate of drug-likeness (QED) is 0.0320. The van der Waals surface area contributed by atoms with E-state index in [0.29, 0.717) is 32.2 Å². The summed E-state index contributed by atoms with van der Waals surface area (Å²) >= 11 is 0. The van der Waals surface area contributed by atoms with Gasteiger partial charge in [0.1, 0.15) is 12.1 Å². The maximum Gasteiger partial charge on any atom is 0.326 e. The molecule has 0 fully saturated rings. The molecule has 336 valence electrons. The van der Waals surface area contributed by atoms with Gasteiger partial charge in [0.05, 0.1) is 0 Å². The Kier molecular flexibility index (Phi) is 43.3. The second kappa shape index (κ2) is 45.4. The predicted octanol–water partition coefficient (Wildman–Crippen LogP) is 14.3. The molecule has 7 nitrogen and oxygen atoms in total. The Hall–Kier alpha value is -2.67. The van der Waals surface area contributed by atoms with Crippen LogP contribution in [-0.4, -0.2) is 41.6 Å². The lowest BCUT2D eigenvalue weighted by atomic mass is 10.0. The fourth-order valence-corrected chi connectivity index (χ4v) is 7.23. The van der Waals surface area contributed by atoms with E-state index in [1.807, 2.05) is 0 Å². The van der Waals surface area contributed by atoms with Crippen LogP contribution in [0.2, 0.25) is 0 Å². The van der Waals surface area contributed by atoms with Crippen LogP contribution >= 0.6 is 0 Å². The molecule has 2 atom stereocenters. The third-order valence-corrected chi connectivity index (χ3v) is 10.9. The van der Waals surface area contributed by atoms with Gasteiger partial charge in [0.2, 0.25) is 5.91 Å². The van der Waals surface area contributed by atoms with Crippen LogP contribution in [0, 0.1) is 0 Å². The minimum absolute atomic E-state index is 0.00899. The highest BCUT2D eigenvalue weighted by atomic mass is 16.5. The number of unbranched alkanes of at least 4 members (excludes halogenated alkanes) is 22. The summed E-state index contributed by atoms with van der Waals surface area (Å²) in [5.74, 6) is -1.25. The van der Waals surface area contributed by atoms with Crippen LogP contribution in [-0.2, 0) is 19.1 Å². The first-order valence-electron chi connectivity index (χ1n) is 24.5. The van der Waals surface area contributed by atoms with Crippen LogP contribution in [0.1, 0.15) is 239 Å². The maximum atomic E-state index is 12.9. The lowest BCUT2D eigenvalue weighted by molar-refractivity contribution is -0.150. The van der Waals surface area contributed by atoms with E-state index in [4.69, 9.17) is 10.5 Å². The van der Waals surface area contributed by atoms with Gasteiger partial charge in [-0.2, -0.15) is 0 Å². The third-order valence-electron chi connectivity index (χ3n) is 10.9. The molecular formula is C51H92N2O5. The molecule has 0 rings (SSSR count). The molecule has 58 heavy (non-hydrogen) atoms. The Morgan fingerprint density at radius 3 is 1.47 bits per heavy atom. The molecule has 4 N–H and O–H groups in total. The predicted molar refractivity (Wildman–Crippen MR) is 248 cm³/mol. The van der Waals surface area contributed by atoms with Gasteiger partial charge in [0, 0.05) is 12.8 Å². The number of aliphatic carboxylic acids is 1. The van der Waals surface area contributed by atoms with Gasteiger partial charge in [-0.25, -0.2) is 4.79 Å². The summed E-state index contributed by atoms with van der Waals surface area (Å²) < 4.78 is 6.07. The summed E-state index contributed by atoms with van der Waals surface area (Å²) in [6, 6.07) is -0.860. The molecule has 0 heterocycles. The molecular weight excluding hydrogens is 721 g/mol. The Balaban J connectivity index is 4.36. The molecule has 0 aromatic rings. The number of allylic oxidation sites excluding steroid dienone is 8. The SMILES string of the molecule is CC/C=C\C/C=C\C/C=C\CCCCCCCCCC(=O)OC(CCCCC/C=C\CCCCCCCCCC)CCCCCCCC(=O)NC(CCCN)C(=O)O. The van der Waals surface area contributed by atoms with Gasteiger partial charge in [0.15, 0.2) is 0 Å². The monoisotopic (exact) mass is 813 g/mol. The van der Waals surface area contributed by atoms with Crippen LogP contribution in [0.25, 0.3) is 0 Å². The summed E-state index contributed by atoms with van der Waals surface area (Å²) in [6.07, 6.45) is 55.9. The van der Waals surface area contributed by atoms with Gasteiger partial charge >= 0.3 is 11.9 Å². The lowest BCUT2D eigenvalue weighted by Gasteiger charge is -2.18. The third kappa shape index (κ3) is 41.5. The van der Waals surface area contributed by atoms with Crippen molar-refractivity contribution in [3.8, 4) is 0 Å². The topological polar surface area (TPSA) is 119 Å². The average Bonchev–Trinajstić information content (AvgIpc) is 3.21. The van der Waals surface area contributed by atoms with Crippen LogP contribution in [0.5, 0.6) is 0 Å². The maximum absolute atomic E-state index is 12.9. The number of carboxylic acid groups (broad SMARTS) is 1. The second-order valence-electron chi connectivity index (χ2n) is 16.5. The molecule has 0 aliphatic rings. The highest BCUT2D eigenvalue weighted by Gasteiger charge is 2.19. The van der Waals surface area contributed by atoms with Gasteiger partial charge in [0.25, 0.3) is 0 Å². The van der Waals surface area contributed by atoms with E-state index >= 15 is 0 Å². The van der Waals surface area contributed by atoms with Gasteiger partial charge in [-0.3, -0.25) is 9.59 Å². The molecule has 0 aliphatic heterocycles. The molecule has 2 unspecified atom stereocenters. The number of hydrogen-bond donors (Lipinski definition) is 3. The fourth-order valence-electron chi connectivity index (χ4n) is 7.23. The highest BCUT2D eigenvalue weighted by Crippen LogP contribution is 2.19. The summed E-state index contributed by atoms with van der Waals surface area (Å²) in [5, 5.41) is 12.0. The zero-order chi connectivity index (χ0) is 42.4. The highest BCUT2D eigenvalue weighted by molar-refractivity contribution is 5.83. The molecule has 0 radical (unpaired) electrons. The Morgan fingerprint density at radius 1 is 0.517 bits per heavy atom. The van der Waals surface area contributed by atoms with E-state index in [0.717, 1.165) is 96.3 Å². The van der Waals surface area contributed by atoms with E-state index in [-0.39, 0.29) is 18.0 Å². The number of esters is 1. The van der Waals surface area contributed by atoms with Gasteiger partial charge in [-0.05, 0) is 116 Å². The van der Waals surface area contributed by atoms with Gasteiger partial charge < -0.3 is 20.9 Å². The molecule has 1 amide bonds. The second-order valence-corrected chi connectivity index (χ2v) is 16.5. The normalized spacial score (nSPS) is 13.0. The summed E-state index contributed by atoms with van der Waals surface area (Å²) in [7, 11) is 0. The van der Waals surface area contributed by atoms with Crippen molar-refractivity contribution in [2.75, 3.05) is 6.54 Å². The number of ether oxygens (including phenoxy) is 1. The Bertz CT molecular complexity index is 1050. The average molecular weight is 813 g/mol. The molecule has 0 saturated carbocycles. The van der Waals surface area contributed by atoms with Crippen molar-refractivity contribution >= 4 is 17.8 Å². The minimum atomic E-state index is -1.01. The van der Waals surface area contributed by atoms with E-state index in [9.17, 15) is 19.5 Å². The Morgan fingerprint density at radius 2 is 0.948 bits per heavy atom. The number of nitrogens with one attached hydrogen (secondary N) is 1. The molecule has 0 aromatic carbocycles. The first-order chi connectivity index (χ1) is 28.4. The summed E-state index contributed by atoms with van der Waals surface area (Å²) in [5.41, 5.74) is 5.50. The van der Waals surface area contributed by atoms with Crippen LogP contribution in [0.15, 0.2) is 48.6 Å². The first kappa shape index (κ1) is 55.3. The van der Waals surface area contributed by atoms with Crippen molar-refractivity contribution in [2.24, 2.45) is 5.73 Å². The van der Waals surface area contributed by atoms with Crippen molar-refractivity contribution < 1.29 is 24.2 Å². The number of carbonyl (C=O) groups is 3. The van der Waals surface area contributed by atoms with E-state index in [1.165, 1.54) is 103 Å². The van der Waals surface area contributed by atoms with Crippen molar-refractivity contribution in [3.63, 3.8) is 0 Å². The van der Waals surface area contributed by atoms with Gasteiger partial charge in [-0.15, -0.1) is 0 Å². The van der Waals surface area contributed by atoms with Crippen molar-refractivity contribution in [3.05, 3.63) is 48.6 Å². The number of carboxylic acids is 1. The van der Waals surface area contributed by atoms with Crippen molar-refractivity contribution in [1.29, 1.82) is 0 Å². The van der Waals surface area contributed by atoms with E-state index in [1.54, 1.807) is 0 Å². The lowest BCUT2D eigenvalue weighted by Crippen LogP contribution is -2.40. The smallest absolute Gasteiger partial charge is 0.326 e. The number of carbonyl (C=O) groups excluding carboxylic acids is 2. The molecule has 0 saturated heterocycles. The molecule has 0 spiro atoms. The van der Waals surface area contributed by atoms with Crippen molar-refractivity contribution in [1.82, 2.24) is 5.32 Å². The van der Waals surface area contributed by atoms with Crippen molar-refractivity contribution in [2.45, 2.75) is 251 Å². The largest absolute Gasteiger partial charge is 0.480 e. The summed E-state index contributed by atoms with van der Waals surface area (Å²) in [4.78, 5) is 36.5. The molecule has 0 aromatic heterocycles. The zero-order valence-corrected chi connectivity index (χ0v) is 37.9. The van der Waals surface area contributed by atoms with Crippen LogP contribution in [0.3, 0.4) is 0 Å². The standard InChI is InChI=1S/C51H92N2O5/c1-3-5-7-9-11-13-15-17-19-20-22-24-26-28-30-35-39-45-50(55)58-47(41-36-32-29-27-25-23-21-18-16-14-12-10-8-6-4-2)42-37-33-31-34-38-44-49(54)53-48(51(56)57)43-40-46-52/h5,7,11,13,17,19,23,25,47-48H,3-4,6,8-10,12,14-16,18,20-22,24,26-46,52H2,1-2H3,(H,53,54)(H,56,57)/b7-5-,13-11-,19-17-,25-23-. The minimum Gasteiger partial charge on any atom is -0.480 e. The van der Waals surface area contributed by atoms with Gasteiger partial charge in [-0.1, -0.05) is 165 Å². The van der Waals surface area contributed by atoms with Crippen LogP contribution < -0.4 is 11.1 Å². The van der Waals surface area contributed by atoms with E-state index in [2.05, 4.69) is 67.8 Å². The number of amides is 1. The number of hydrogen-bond acceptors (Lipinski definition) is 5. The Labute approximate surface area is 358 Å². The number of nitrogens with two attached hydrogens (primary N) is 1. The molecule has 0 bridgehead atoms. The number of rotatable bonds is 44. The van der Waals surface area contributed by atoms with Crippen LogP contribution in [0.4, 0.5) is 0 Å². The summed E-state index contributed by atoms with van der Waals surface area (Å²) in [6.45, 7) is 4.85. The van der Waals surface area contributed by atoms with E-state index < -0.39 is 12.0 Å². The first-order valence-corrected chi connectivity index (χ1v) is 24.5. The fraction of sp³-hybridized carbons (Fsp3) is 0.784.